The molecule has 3 heteroatoms. The molecule has 54 valence electrons. The number of carbonyl (C=O) groups excluding carboxylic acids is 1. The van der Waals surface area contributed by atoms with Crippen LogP contribution in [0.3, 0.4) is 0 Å². The predicted octanol–water partition coefficient (Wildman–Crippen LogP) is 0.337. The van der Waals surface area contributed by atoms with Gasteiger partial charge in [-0.2, -0.15) is 0 Å². The lowest BCUT2D eigenvalue weighted by atomic mass is 10.1. The van der Waals surface area contributed by atoms with Gasteiger partial charge in [0.1, 0.15) is 5.82 Å². The van der Waals surface area contributed by atoms with Gasteiger partial charge in [-0.05, 0) is 0 Å². The quantitative estimate of drug-likeness (QED) is 0.567. The predicted molar refractivity (Wildman–Crippen MR) is 39.8 cm³/mol. The second kappa shape index (κ2) is 2.64. The van der Waals surface area contributed by atoms with E-state index in [-0.39, 0.29) is 11.7 Å². The Kier molecular flexibility index (Phi) is 1.85. The van der Waals surface area contributed by atoms with Crippen LogP contribution in [-0.2, 0) is 4.79 Å². The fourth-order valence-corrected chi connectivity index (χ4v) is 0.706. The maximum absolute atomic E-state index is 11.0. The van der Waals surface area contributed by atoms with E-state index in [9.17, 15) is 4.79 Å². The average molecular weight is 138 g/mol. The van der Waals surface area contributed by atoms with Crippen LogP contribution < -0.4 is 5.32 Å². The minimum atomic E-state index is -0.0582. The summed E-state index contributed by atoms with van der Waals surface area (Å²) in [5.41, 5.74) is 0. The minimum Gasteiger partial charge on any atom is -0.373 e. The van der Waals surface area contributed by atoms with Crippen LogP contribution in [-0.4, -0.2) is 19.0 Å². The van der Waals surface area contributed by atoms with Crippen molar-refractivity contribution in [3.05, 3.63) is 11.9 Å². The molecule has 0 aromatic carbocycles. The van der Waals surface area contributed by atoms with Crippen LogP contribution in [0.4, 0.5) is 0 Å². The molecule has 0 aliphatic carbocycles. The van der Waals surface area contributed by atoms with Crippen molar-refractivity contribution in [1.82, 2.24) is 5.32 Å². The lowest BCUT2D eigenvalue weighted by molar-refractivity contribution is -0.116. The first-order chi connectivity index (χ1) is 4.74. The van der Waals surface area contributed by atoms with Gasteiger partial charge in [0.05, 0.1) is 5.92 Å². The number of ketones is 1. The zero-order valence-corrected chi connectivity index (χ0v) is 6.09. The van der Waals surface area contributed by atoms with E-state index >= 15 is 0 Å². The van der Waals surface area contributed by atoms with Crippen LogP contribution >= 0.6 is 0 Å². The Morgan fingerprint density at radius 3 is 2.90 bits per heavy atom. The second-order valence-electron chi connectivity index (χ2n) is 2.25. The number of allylic oxidation sites excluding steroid dienone is 1. The van der Waals surface area contributed by atoms with Gasteiger partial charge in [0.2, 0.25) is 0 Å². The zero-order valence-electron chi connectivity index (χ0n) is 6.09. The highest BCUT2D eigenvalue weighted by molar-refractivity contribution is 6.03. The third kappa shape index (κ3) is 1.23. The van der Waals surface area contributed by atoms with Crippen LogP contribution in [0.1, 0.15) is 6.92 Å². The second-order valence-corrected chi connectivity index (χ2v) is 2.25. The standard InChI is InChI=1S/C7H10N2O/c1-5-4-9-7(8-2)3-6(5)10/h3-5,8H,1-2H3. The topological polar surface area (TPSA) is 41.5 Å². The van der Waals surface area contributed by atoms with E-state index in [4.69, 9.17) is 0 Å². The minimum absolute atomic E-state index is 0.0582. The molecule has 1 N–H and O–H groups in total. The van der Waals surface area contributed by atoms with Crippen LogP contribution in [0.5, 0.6) is 0 Å². The molecule has 0 radical (unpaired) electrons. The van der Waals surface area contributed by atoms with Gasteiger partial charge in [-0.15, -0.1) is 0 Å². The highest BCUT2D eigenvalue weighted by atomic mass is 16.1. The van der Waals surface area contributed by atoms with Gasteiger partial charge in [-0.25, -0.2) is 4.99 Å². The Morgan fingerprint density at radius 1 is 1.70 bits per heavy atom. The van der Waals surface area contributed by atoms with Crippen LogP contribution in [0.25, 0.3) is 0 Å². The largest absolute Gasteiger partial charge is 0.373 e. The van der Waals surface area contributed by atoms with Crippen LogP contribution in [0.15, 0.2) is 16.9 Å². The van der Waals surface area contributed by atoms with E-state index in [2.05, 4.69) is 10.3 Å². The Labute approximate surface area is 59.8 Å². The first kappa shape index (κ1) is 6.99. The molecule has 1 heterocycles. The molecule has 0 saturated heterocycles. The van der Waals surface area contributed by atoms with Crippen LogP contribution in [0.2, 0.25) is 0 Å². The molecule has 0 bridgehead atoms. The van der Waals surface area contributed by atoms with Gasteiger partial charge in [0, 0.05) is 19.3 Å². The molecule has 1 unspecified atom stereocenters. The van der Waals surface area contributed by atoms with Gasteiger partial charge in [0.25, 0.3) is 0 Å². The van der Waals surface area contributed by atoms with E-state index in [0.717, 1.165) is 0 Å². The van der Waals surface area contributed by atoms with Crippen molar-refractivity contribution in [2.24, 2.45) is 10.9 Å². The van der Waals surface area contributed by atoms with Crippen molar-refractivity contribution in [3.63, 3.8) is 0 Å². The highest BCUT2D eigenvalue weighted by Crippen LogP contribution is 2.04. The molecule has 0 spiro atoms. The number of carbonyl (C=O) groups is 1. The molecule has 3 nitrogen and oxygen atoms in total. The van der Waals surface area contributed by atoms with Gasteiger partial charge < -0.3 is 5.32 Å². The Bertz CT molecular complexity index is 206. The summed E-state index contributed by atoms with van der Waals surface area (Å²) in [5, 5.41) is 2.80. The Balaban J connectivity index is 2.76. The SMILES string of the molecule is CNC1=CC(=O)C(C)C=N1. The number of hydrogen-bond donors (Lipinski definition) is 1. The summed E-state index contributed by atoms with van der Waals surface area (Å²) in [6.07, 6.45) is 3.17. The maximum atomic E-state index is 11.0. The lowest BCUT2D eigenvalue weighted by Crippen LogP contribution is -2.18. The summed E-state index contributed by atoms with van der Waals surface area (Å²) in [4.78, 5) is 14.9. The number of hydrogen-bond acceptors (Lipinski definition) is 3. The van der Waals surface area contributed by atoms with E-state index in [1.165, 1.54) is 6.08 Å². The lowest BCUT2D eigenvalue weighted by Gasteiger charge is -2.08. The molecule has 1 aliphatic heterocycles. The summed E-state index contributed by atoms with van der Waals surface area (Å²) < 4.78 is 0. The molecule has 0 aromatic rings. The average Bonchev–Trinajstić information content (AvgIpc) is 1.95. The zero-order chi connectivity index (χ0) is 7.56. The molecule has 1 atom stereocenters. The van der Waals surface area contributed by atoms with Gasteiger partial charge in [-0.3, -0.25) is 4.79 Å². The maximum Gasteiger partial charge on any atom is 0.167 e. The van der Waals surface area contributed by atoms with Gasteiger partial charge >= 0.3 is 0 Å². The van der Waals surface area contributed by atoms with Crippen molar-refractivity contribution in [1.29, 1.82) is 0 Å². The molecule has 1 rings (SSSR count). The van der Waals surface area contributed by atoms with Crippen molar-refractivity contribution >= 4 is 12.0 Å². The van der Waals surface area contributed by atoms with Crippen molar-refractivity contribution in [2.75, 3.05) is 7.05 Å². The smallest absolute Gasteiger partial charge is 0.167 e. The molecule has 10 heavy (non-hydrogen) atoms. The molecular formula is C7H10N2O. The van der Waals surface area contributed by atoms with E-state index in [0.29, 0.717) is 5.82 Å². The molecule has 0 fully saturated rings. The fraction of sp³-hybridized carbons (Fsp3) is 0.429. The molecule has 0 amide bonds. The number of nitrogens with zero attached hydrogens (tertiary/aromatic N) is 1. The van der Waals surface area contributed by atoms with E-state index in [1.807, 2.05) is 6.92 Å². The monoisotopic (exact) mass is 138 g/mol. The molecule has 0 aromatic heterocycles. The first-order valence-electron chi connectivity index (χ1n) is 3.21. The van der Waals surface area contributed by atoms with Crippen molar-refractivity contribution in [2.45, 2.75) is 6.92 Å². The fourth-order valence-electron chi connectivity index (χ4n) is 0.706. The summed E-state index contributed by atoms with van der Waals surface area (Å²) in [7, 11) is 1.74. The Hall–Kier alpha value is -1.12. The third-order valence-electron chi connectivity index (χ3n) is 1.42. The third-order valence-corrected chi connectivity index (χ3v) is 1.42. The highest BCUT2D eigenvalue weighted by Gasteiger charge is 2.12. The van der Waals surface area contributed by atoms with Crippen molar-refractivity contribution < 1.29 is 4.79 Å². The normalized spacial score (nSPS) is 24.4. The first-order valence-corrected chi connectivity index (χ1v) is 3.21. The number of nitrogens with one attached hydrogen (secondary N) is 1. The molecule has 1 aliphatic rings. The van der Waals surface area contributed by atoms with Gasteiger partial charge in [0.15, 0.2) is 5.78 Å². The molecule has 0 saturated carbocycles. The summed E-state index contributed by atoms with van der Waals surface area (Å²) in [6, 6.07) is 0. The summed E-state index contributed by atoms with van der Waals surface area (Å²) in [6.45, 7) is 1.83. The summed E-state index contributed by atoms with van der Waals surface area (Å²) in [5.74, 6) is 0.694. The van der Waals surface area contributed by atoms with E-state index < -0.39 is 0 Å². The van der Waals surface area contributed by atoms with E-state index in [1.54, 1.807) is 13.3 Å². The van der Waals surface area contributed by atoms with Crippen molar-refractivity contribution in [3.8, 4) is 0 Å². The molecular weight excluding hydrogens is 128 g/mol. The number of aliphatic imine (C=N–C) groups is 1. The summed E-state index contributed by atoms with van der Waals surface area (Å²) >= 11 is 0. The van der Waals surface area contributed by atoms with Gasteiger partial charge in [-0.1, -0.05) is 6.92 Å². The van der Waals surface area contributed by atoms with Crippen LogP contribution in [0, 0.1) is 5.92 Å². The number of rotatable bonds is 1. The Morgan fingerprint density at radius 2 is 2.40 bits per heavy atom.